The van der Waals surface area contributed by atoms with Crippen molar-refractivity contribution >= 4 is 0 Å². The average molecular weight is 198 g/mol. The number of aliphatic hydroxyl groups is 1. The average Bonchev–Trinajstić information content (AvgIpc) is 2.10. The van der Waals surface area contributed by atoms with E-state index in [9.17, 15) is 5.11 Å². The highest BCUT2D eigenvalue weighted by atomic mass is 16.3. The van der Waals surface area contributed by atoms with Gasteiger partial charge >= 0.3 is 0 Å². The molecule has 0 amide bonds. The summed E-state index contributed by atoms with van der Waals surface area (Å²) < 4.78 is 0. The van der Waals surface area contributed by atoms with Crippen LogP contribution in [0.25, 0.3) is 0 Å². The number of hydrogen-bond donors (Lipinski definition) is 1. The Hall–Kier alpha value is -0.0400. The van der Waals surface area contributed by atoms with E-state index in [2.05, 4.69) is 34.6 Å². The van der Waals surface area contributed by atoms with Gasteiger partial charge in [-0.15, -0.1) is 0 Å². The van der Waals surface area contributed by atoms with Crippen LogP contribution in [0.5, 0.6) is 0 Å². The molecule has 1 nitrogen and oxygen atoms in total. The van der Waals surface area contributed by atoms with Crippen molar-refractivity contribution in [1.82, 2.24) is 0 Å². The zero-order valence-electron chi connectivity index (χ0n) is 10.4. The summed E-state index contributed by atoms with van der Waals surface area (Å²) in [5.74, 6) is 1.89. The first-order valence-corrected chi connectivity index (χ1v) is 6.06. The molecule has 0 aliphatic heterocycles. The van der Waals surface area contributed by atoms with Crippen molar-refractivity contribution in [2.75, 3.05) is 0 Å². The van der Waals surface area contributed by atoms with Gasteiger partial charge in [0.1, 0.15) is 0 Å². The smallest absolute Gasteiger partial charge is 0.0619 e. The summed E-state index contributed by atoms with van der Waals surface area (Å²) in [5, 5.41) is 10.3. The Morgan fingerprint density at radius 3 is 2.29 bits per heavy atom. The molecule has 0 aromatic rings. The van der Waals surface area contributed by atoms with Crippen LogP contribution in [-0.2, 0) is 0 Å². The van der Waals surface area contributed by atoms with E-state index < -0.39 is 0 Å². The highest BCUT2D eigenvalue weighted by Gasteiger charge is 2.42. The normalized spacial score (nSPS) is 41.4. The molecule has 0 spiro atoms. The molecule has 0 radical (unpaired) electrons. The third kappa shape index (κ3) is 2.13. The first-order valence-electron chi connectivity index (χ1n) is 6.06. The lowest BCUT2D eigenvalue weighted by Gasteiger charge is -2.46. The summed E-state index contributed by atoms with van der Waals surface area (Å²) in [6, 6.07) is 0. The second kappa shape index (κ2) is 4.22. The zero-order chi connectivity index (χ0) is 10.9. The summed E-state index contributed by atoms with van der Waals surface area (Å²) in [4.78, 5) is 0. The minimum atomic E-state index is -0.134. The molecule has 14 heavy (non-hydrogen) atoms. The molecule has 0 aromatic heterocycles. The Morgan fingerprint density at radius 1 is 1.29 bits per heavy atom. The predicted molar refractivity (Wildman–Crippen MR) is 61.1 cm³/mol. The minimum absolute atomic E-state index is 0.134. The second-order valence-corrected chi connectivity index (χ2v) is 5.98. The molecule has 4 unspecified atom stereocenters. The van der Waals surface area contributed by atoms with Gasteiger partial charge < -0.3 is 5.11 Å². The highest BCUT2D eigenvalue weighted by molar-refractivity contribution is 4.92. The molecule has 1 N–H and O–H groups in total. The van der Waals surface area contributed by atoms with E-state index in [1.165, 1.54) is 19.3 Å². The SMILES string of the molecule is CC1CCC(C)(C(O)C(C)C)C(C)C1. The summed E-state index contributed by atoms with van der Waals surface area (Å²) in [7, 11) is 0. The van der Waals surface area contributed by atoms with Crippen LogP contribution < -0.4 is 0 Å². The van der Waals surface area contributed by atoms with Gasteiger partial charge in [-0.25, -0.2) is 0 Å². The molecular weight excluding hydrogens is 172 g/mol. The molecule has 1 rings (SSSR count). The van der Waals surface area contributed by atoms with Crippen molar-refractivity contribution in [2.24, 2.45) is 23.2 Å². The summed E-state index contributed by atoms with van der Waals surface area (Å²) >= 11 is 0. The minimum Gasteiger partial charge on any atom is -0.392 e. The van der Waals surface area contributed by atoms with Gasteiger partial charge in [0.15, 0.2) is 0 Å². The van der Waals surface area contributed by atoms with Gasteiger partial charge in [0, 0.05) is 0 Å². The van der Waals surface area contributed by atoms with E-state index in [1.54, 1.807) is 0 Å². The quantitative estimate of drug-likeness (QED) is 0.720. The van der Waals surface area contributed by atoms with Crippen molar-refractivity contribution < 1.29 is 5.11 Å². The van der Waals surface area contributed by atoms with Crippen LogP contribution in [0, 0.1) is 23.2 Å². The number of rotatable bonds is 2. The summed E-state index contributed by atoms with van der Waals surface area (Å²) in [6.45, 7) is 11.2. The third-order valence-corrected chi connectivity index (χ3v) is 4.36. The summed E-state index contributed by atoms with van der Waals surface area (Å²) in [5.41, 5.74) is 0.153. The van der Waals surface area contributed by atoms with Crippen LogP contribution in [0.1, 0.15) is 53.9 Å². The molecule has 0 saturated heterocycles. The fourth-order valence-corrected chi connectivity index (χ4v) is 3.00. The topological polar surface area (TPSA) is 20.2 Å². The second-order valence-electron chi connectivity index (χ2n) is 5.98. The van der Waals surface area contributed by atoms with Crippen LogP contribution in [0.3, 0.4) is 0 Å². The van der Waals surface area contributed by atoms with E-state index in [4.69, 9.17) is 0 Å². The molecule has 0 heterocycles. The van der Waals surface area contributed by atoms with Gasteiger partial charge in [0.2, 0.25) is 0 Å². The maximum Gasteiger partial charge on any atom is 0.0619 e. The van der Waals surface area contributed by atoms with Crippen molar-refractivity contribution in [3.05, 3.63) is 0 Å². The molecule has 4 atom stereocenters. The van der Waals surface area contributed by atoms with E-state index in [-0.39, 0.29) is 11.5 Å². The first kappa shape index (κ1) is 12.0. The van der Waals surface area contributed by atoms with E-state index in [0.29, 0.717) is 11.8 Å². The largest absolute Gasteiger partial charge is 0.392 e. The molecule has 1 heteroatoms. The molecule has 0 bridgehead atoms. The molecular formula is C13H26O. The predicted octanol–water partition coefficient (Wildman–Crippen LogP) is 3.47. The van der Waals surface area contributed by atoms with Crippen LogP contribution in [0.4, 0.5) is 0 Å². The van der Waals surface area contributed by atoms with Crippen LogP contribution in [0.2, 0.25) is 0 Å². The third-order valence-electron chi connectivity index (χ3n) is 4.36. The lowest BCUT2D eigenvalue weighted by atomic mass is 9.61. The van der Waals surface area contributed by atoms with E-state index >= 15 is 0 Å². The monoisotopic (exact) mass is 198 g/mol. The number of hydrogen-bond acceptors (Lipinski definition) is 1. The molecule has 1 saturated carbocycles. The lowest BCUT2D eigenvalue weighted by Crippen LogP contribution is -2.44. The Labute approximate surface area is 88.9 Å². The van der Waals surface area contributed by atoms with Crippen molar-refractivity contribution in [2.45, 2.75) is 60.0 Å². The molecule has 1 fully saturated rings. The van der Waals surface area contributed by atoms with Gasteiger partial charge in [-0.05, 0) is 36.0 Å². The Kier molecular flexibility index (Phi) is 3.63. The number of aliphatic hydroxyl groups excluding tert-OH is 1. The standard InChI is InChI=1S/C13H26O/c1-9(2)12(14)13(5)7-6-10(3)8-11(13)4/h9-12,14H,6-8H2,1-5H3. The molecule has 1 aliphatic rings. The van der Waals surface area contributed by atoms with Gasteiger partial charge in [-0.2, -0.15) is 0 Å². The molecule has 1 aliphatic carbocycles. The lowest BCUT2D eigenvalue weighted by molar-refractivity contribution is -0.0617. The summed E-state index contributed by atoms with van der Waals surface area (Å²) in [6.07, 6.45) is 3.62. The molecule has 84 valence electrons. The first-order chi connectivity index (χ1) is 6.38. The van der Waals surface area contributed by atoms with Crippen molar-refractivity contribution in [3.63, 3.8) is 0 Å². The van der Waals surface area contributed by atoms with E-state index in [1.807, 2.05) is 0 Å². The van der Waals surface area contributed by atoms with Crippen LogP contribution in [-0.4, -0.2) is 11.2 Å². The van der Waals surface area contributed by atoms with Crippen LogP contribution >= 0.6 is 0 Å². The Balaban J connectivity index is 2.73. The highest BCUT2D eigenvalue weighted by Crippen LogP contribution is 2.46. The fourth-order valence-electron chi connectivity index (χ4n) is 3.00. The zero-order valence-corrected chi connectivity index (χ0v) is 10.4. The van der Waals surface area contributed by atoms with Crippen molar-refractivity contribution in [1.29, 1.82) is 0 Å². The maximum atomic E-state index is 10.3. The van der Waals surface area contributed by atoms with Gasteiger partial charge in [0.25, 0.3) is 0 Å². The maximum absolute atomic E-state index is 10.3. The van der Waals surface area contributed by atoms with E-state index in [0.717, 1.165) is 5.92 Å². The van der Waals surface area contributed by atoms with Gasteiger partial charge in [-0.1, -0.05) is 41.0 Å². The molecule has 0 aromatic carbocycles. The Morgan fingerprint density at radius 2 is 1.86 bits per heavy atom. The van der Waals surface area contributed by atoms with Gasteiger partial charge in [0.05, 0.1) is 6.10 Å². The van der Waals surface area contributed by atoms with Crippen molar-refractivity contribution in [3.8, 4) is 0 Å². The fraction of sp³-hybridized carbons (Fsp3) is 1.00. The van der Waals surface area contributed by atoms with Gasteiger partial charge in [-0.3, -0.25) is 0 Å². The Bertz CT molecular complexity index is 188. The van der Waals surface area contributed by atoms with Crippen LogP contribution in [0.15, 0.2) is 0 Å².